The maximum atomic E-state index is 13.1. The molecular formula is C20H16N2O6S. The van der Waals surface area contributed by atoms with Crippen LogP contribution in [0.5, 0.6) is 0 Å². The Morgan fingerprint density at radius 3 is 2.62 bits per heavy atom. The summed E-state index contributed by atoms with van der Waals surface area (Å²) < 4.78 is 30.7. The molecule has 9 heteroatoms. The lowest BCUT2D eigenvalue weighted by molar-refractivity contribution is -0.384. The van der Waals surface area contributed by atoms with Gasteiger partial charge in [0.05, 0.1) is 27.5 Å². The molecule has 3 aromatic rings. The van der Waals surface area contributed by atoms with Crippen molar-refractivity contribution in [1.82, 2.24) is 0 Å². The average molecular weight is 412 g/mol. The number of carbonyl (C=O) groups is 1. The molecule has 0 radical (unpaired) electrons. The van der Waals surface area contributed by atoms with Gasteiger partial charge in [0.2, 0.25) is 0 Å². The molecule has 0 atom stereocenters. The Bertz CT molecular complexity index is 1200. The quantitative estimate of drug-likeness (QED) is 0.469. The third-order valence-corrected chi connectivity index (χ3v) is 6.49. The molecule has 29 heavy (non-hydrogen) atoms. The molecule has 0 aliphatic carbocycles. The van der Waals surface area contributed by atoms with E-state index in [-0.39, 0.29) is 27.7 Å². The Kier molecular flexibility index (Phi) is 4.67. The van der Waals surface area contributed by atoms with E-state index < -0.39 is 20.7 Å². The number of hydrogen-bond acceptors (Lipinski definition) is 6. The number of furan rings is 1. The maximum Gasteiger partial charge on any atom is 0.294 e. The van der Waals surface area contributed by atoms with Crippen molar-refractivity contribution in [3.63, 3.8) is 0 Å². The number of hydrogen-bond donors (Lipinski definition) is 0. The van der Waals surface area contributed by atoms with E-state index in [0.717, 1.165) is 5.56 Å². The van der Waals surface area contributed by atoms with Gasteiger partial charge < -0.3 is 9.32 Å². The minimum Gasteiger partial charge on any atom is -0.459 e. The molecule has 2 aromatic carbocycles. The Hall–Kier alpha value is -3.46. The highest BCUT2D eigenvalue weighted by Gasteiger charge is 2.31. The van der Waals surface area contributed by atoms with Crippen LogP contribution >= 0.6 is 0 Å². The fourth-order valence-electron chi connectivity index (χ4n) is 3.37. The van der Waals surface area contributed by atoms with Gasteiger partial charge in [0, 0.05) is 24.2 Å². The van der Waals surface area contributed by atoms with E-state index in [4.69, 9.17) is 4.42 Å². The third-order valence-electron chi connectivity index (χ3n) is 4.81. The first-order chi connectivity index (χ1) is 13.9. The van der Waals surface area contributed by atoms with E-state index in [2.05, 4.69) is 0 Å². The van der Waals surface area contributed by atoms with Gasteiger partial charge in [-0.3, -0.25) is 14.9 Å². The number of nitro benzene ring substituents is 1. The first kappa shape index (κ1) is 18.9. The molecule has 0 saturated heterocycles. The molecule has 1 aromatic heterocycles. The fourth-order valence-corrected chi connectivity index (χ4v) is 4.74. The molecule has 0 spiro atoms. The summed E-state index contributed by atoms with van der Waals surface area (Å²) >= 11 is 0. The Morgan fingerprint density at radius 2 is 1.90 bits per heavy atom. The average Bonchev–Trinajstić information content (AvgIpc) is 3.34. The first-order valence-corrected chi connectivity index (χ1v) is 10.5. The number of amides is 1. The van der Waals surface area contributed by atoms with Crippen LogP contribution in [0.1, 0.15) is 21.7 Å². The van der Waals surface area contributed by atoms with Gasteiger partial charge >= 0.3 is 0 Å². The highest BCUT2D eigenvalue weighted by molar-refractivity contribution is 7.90. The molecule has 1 amide bonds. The number of anilines is 1. The number of nitrogens with zero attached hydrogens (tertiary/aromatic N) is 2. The normalized spacial score (nSPS) is 13.3. The molecule has 0 bridgehead atoms. The number of sulfone groups is 1. The fraction of sp³-hybridized carbons (Fsp3) is 0.150. The van der Waals surface area contributed by atoms with Crippen LogP contribution in [0.15, 0.2) is 70.2 Å². The smallest absolute Gasteiger partial charge is 0.294 e. The van der Waals surface area contributed by atoms with Crippen molar-refractivity contribution in [2.75, 3.05) is 11.4 Å². The van der Waals surface area contributed by atoms with E-state index >= 15 is 0 Å². The van der Waals surface area contributed by atoms with Gasteiger partial charge in [-0.2, -0.15) is 0 Å². The van der Waals surface area contributed by atoms with Crippen molar-refractivity contribution in [2.24, 2.45) is 0 Å². The third kappa shape index (κ3) is 3.52. The largest absolute Gasteiger partial charge is 0.459 e. The monoisotopic (exact) mass is 412 g/mol. The summed E-state index contributed by atoms with van der Waals surface area (Å²) in [5.74, 6) is -0.985. The predicted molar refractivity (Wildman–Crippen MR) is 105 cm³/mol. The number of rotatable bonds is 5. The molecule has 8 nitrogen and oxygen atoms in total. The van der Waals surface area contributed by atoms with Gasteiger partial charge in [0.25, 0.3) is 11.6 Å². The molecule has 0 saturated carbocycles. The van der Waals surface area contributed by atoms with Crippen molar-refractivity contribution in [2.45, 2.75) is 17.1 Å². The lowest BCUT2D eigenvalue weighted by Crippen LogP contribution is -2.29. The minimum absolute atomic E-state index is 0.0798. The zero-order valence-corrected chi connectivity index (χ0v) is 16.0. The summed E-state index contributed by atoms with van der Waals surface area (Å²) in [5, 5.41) is 11.1. The van der Waals surface area contributed by atoms with E-state index in [1.807, 2.05) is 0 Å². The van der Waals surface area contributed by atoms with E-state index in [9.17, 15) is 23.3 Å². The van der Waals surface area contributed by atoms with Crippen molar-refractivity contribution in [1.29, 1.82) is 0 Å². The SMILES string of the molecule is O=C(c1occc1CS(=O)(=O)c1ccccc1)N1CCc2ccc([N+](=O)[O-])cc21. The highest BCUT2D eigenvalue weighted by atomic mass is 32.2. The summed E-state index contributed by atoms with van der Waals surface area (Å²) in [6, 6.07) is 13.8. The molecule has 4 rings (SSSR count). The molecule has 1 aliphatic rings. The number of carbonyl (C=O) groups excluding carboxylic acids is 1. The topological polar surface area (TPSA) is 111 Å². The molecule has 1 aliphatic heterocycles. The van der Waals surface area contributed by atoms with Crippen molar-refractivity contribution < 1.29 is 22.6 Å². The van der Waals surface area contributed by atoms with Crippen LogP contribution in [0.2, 0.25) is 0 Å². The standard InChI is InChI=1S/C20H16N2O6S/c23-20(21-10-8-14-6-7-16(22(24)25)12-18(14)21)19-15(9-11-28-19)13-29(26,27)17-4-2-1-3-5-17/h1-7,9,11-12H,8,10,13H2. The molecule has 2 heterocycles. The van der Waals surface area contributed by atoms with Crippen LogP contribution in [-0.2, 0) is 22.0 Å². The van der Waals surface area contributed by atoms with Gasteiger partial charge in [-0.15, -0.1) is 0 Å². The lowest BCUT2D eigenvalue weighted by Gasteiger charge is -2.16. The van der Waals surface area contributed by atoms with Crippen LogP contribution < -0.4 is 4.90 Å². The van der Waals surface area contributed by atoms with E-state index in [1.54, 1.807) is 24.3 Å². The number of non-ortho nitro benzene ring substituents is 1. The Balaban J connectivity index is 1.64. The van der Waals surface area contributed by atoms with Crippen LogP contribution in [0.4, 0.5) is 11.4 Å². The summed E-state index contributed by atoms with van der Waals surface area (Å²) in [6.07, 6.45) is 1.82. The van der Waals surface area contributed by atoms with Crippen molar-refractivity contribution >= 4 is 27.1 Å². The van der Waals surface area contributed by atoms with Crippen molar-refractivity contribution in [3.05, 3.63) is 87.9 Å². The van der Waals surface area contributed by atoms with Gasteiger partial charge in [-0.1, -0.05) is 24.3 Å². The predicted octanol–water partition coefficient (Wildman–Crippen LogP) is 3.36. The second-order valence-electron chi connectivity index (χ2n) is 6.62. The van der Waals surface area contributed by atoms with Gasteiger partial charge in [-0.05, 0) is 30.2 Å². The minimum atomic E-state index is -3.66. The van der Waals surface area contributed by atoms with E-state index in [0.29, 0.717) is 18.7 Å². The zero-order chi connectivity index (χ0) is 20.6. The number of fused-ring (bicyclic) bond motifs is 1. The summed E-state index contributed by atoms with van der Waals surface area (Å²) in [6.45, 7) is 0.334. The first-order valence-electron chi connectivity index (χ1n) is 8.80. The van der Waals surface area contributed by atoms with Crippen LogP contribution in [0, 0.1) is 10.1 Å². The van der Waals surface area contributed by atoms with Crippen LogP contribution in [0.3, 0.4) is 0 Å². The molecular weight excluding hydrogens is 396 g/mol. The highest BCUT2D eigenvalue weighted by Crippen LogP contribution is 2.33. The van der Waals surface area contributed by atoms with Gasteiger partial charge in [0.15, 0.2) is 15.6 Å². The van der Waals surface area contributed by atoms with Crippen LogP contribution in [0.25, 0.3) is 0 Å². The Morgan fingerprint density at radius 1 is 1.14 bits per heavy atom. The summed E-state index contributed by atoms with van der Waals surface area (Å²) in [7, 11) is -3.66. The summed E-state index contributed by atoms with van der Waals surface area (Å²) in [5.41, 5.74) is 1.39. The number of nitro groups is 1. The van der Waals surface area contributed by atoms with Crippen molar-refractivity contribution in [3.8, 4) is 0 Å². The molecule has 0 fully saturated rings. The molecule has 0 unspecified atom stereocenters. The number of benzene rings is 2. The second-order valence-corrected chi connectivity index (χ2v) is 8.61. The maximum absolute atomic E-state index is 13.1. The lowest BCUT2D eigenvalue weighted by atomic mass is 10.1. The molecule has 148 valence electrons. The van der Waals surface area contributed by atoms with Gasteiger partial charge in [-0.25, -0.2) is 8.42 Å². The van der Waals surface area contributed by atoms with Gasteiger partial charge in [0.1, 0.15) is 0 Å². The van der Waals surface area contributed by atoms with E-state index in [1.165, 1.54) is 41.5 Å². The zero-order valence-electron chi connectivity index (χ0n) is 15.1. The summed E-state index contributed by atoms with van der Waals surface area (Å²) in [4.78, 5) is 25.2. The van der Waals surface area contributed by atoms with Crippen LogP contribution in [-0.4, -0.2) is 25.8 Å². The second kappa shape index (κ2) is 7.17. The Labute approximate surface area is 166 Å². The molecule has 0 N–H and O–H groups in total.